The lowest BCUT2D eigenvalue weighted by molar-refractivity contribution is 0.0780. The van der Waals surface area contributed by atoms with Gasteiger partial charge < -0.3 is 4.42 Å². The Bertz CT molecular complexity index is 2780. The molecule has 0 N–H and O–H groups in total. The van der Waals surface area contributed by atoms with Crippen LogP contribution in [0.5, 0.6) is 0 Å². The van der Waals surface area contributed by atoms with Crippen LogP contribution in [0.3, 0.4) is 0 Å². The normalized spacial score (nSPS) is 20.6. The van der Waals surface area contributed by atoms with Gasteiger partial charge in [-0.15, -0.1) is 0 Å². The van der Waals surface area contributed by atoms with E-state index in [1.54, 1.807) is 0 Å². The largest absolute Gasteiger partial charge is 0.456 e. The predicted octanol–water partition coefficient (Wildman–Crippen LogP) is 13.1. The molecule has 2 heterocycles. The number of hydrogen-bond acceptors (Lipinski definition) is 5. The van der Waals surface area contributed by atoms with E-state index in [0.29, 0.717) is 28.6 Å². The van der Waals surface area contributed by atoms with Crippen molar-refractivity contribution in [3.63, 3.8) is 0 Å². The van der Waals surface area contributed by atoms with Crippen LogP contribution in [0.25, 0.3) is 78.4 Å². The molecule has 0 saturated heterocycles. The van der Waals surface area contributed by atoms with Gasteiger partial charge >= 0.3 is 0 Å². The van der Waals surface area contributed by atoms with Gasteiger partial charge in [-0.3, -0.25) is 0 Å². The lowest BCUT2D eigenvalue weighted by Gasteiger charge is -2.50. The summed E-state index contributed by atoms with van der Waals surface area (Å²) in [6, 6.07) is 50.4. The highest BCUT2D eigenvalue weighted by Crippen LogP contribution is 2.54. The zero-order chi connectivity index (χ0) is 37.8. The van der Waals surface area contributed by atoms with Crippen molar-refractivity contribution in [1.82, 2.24) is 15.0 Å². The third-order valence-electron chi connectivity index (χ3n) is 12.3. The van der Waals surface area contributed by atoms with E-state index in [4.69, 9.17) is 19.4 Å². The molecule has 0 aliphatic heterocycles. The van der Waals surface area contributed by atoms with E-state index in [0.717, 1.165) is 73.1 Å². The van der Waals surface area contributed by atoms with Crippen LogP contribution in [0.1, 0.15) is 57.1 Å². The van der Waals surface area contributed by atoms with Gasteiger partial charge in [0, 0.05) is 27.5 Å². The monoisotopic (exact) mass is 726 g/mol. The molecule has 2 saturated carbocycles. The molecule has 6 aromatic carbocycles. The van der Waals surface area contributed by atoms with Gasteiger partial charge in [-0.05, 0) is 113 Å². The first kappa shape index (κ1) is 34.1. The van der Waals surface area contributed by atoms with Crippen molar-refractivity contribution in [2.45, 2.75) is 51.4 Å². The summed E-state index contributed by atoms with van der Waals surface area (Å²) in [5.74, 6) is 4.25. The van der Waals surface area contributed by atoms with E-state index in [1.165, 1.54) is 37.7 Å². The molecule has 1 unspecified atom stereocenters. The van der Waals surface area contributed by atoms with Crippen LogP contribution in [0.4, 0.5) is 0 Å². The Labute approximate surface area is 327 Å². The number of fused-ring (bicyclic) bond motifs is 5. The van der Waals surface area contributed by atoms with Crippen molar-refractivity contribution >= 4 is 21.9 Å². The highest BCUT2D eigenvalue weighted by Gasteiger charge is 2.45. The van der Waals surface area contributed by atoms with Gasteiger partial charge in [0.25, 0.3) is 0 Å². The quantitative estimate of drug-likeness (QED) is 0.170. The summed E-state index contributed by atoms with van der Waals surface area (Å²) in [5, 5.41) is 11.5. The topological polar surface area (TPSA) is 75.6 Å². The molecule has 5 nitrogen and oxygen atoms in total. The molecular formula is C51H42N4O. The number of furan rings is 1. The molecule has 2 fully saturated rings. The first-order chi connectivity index (χ1) is 27.4. The lowest BCUT2D eigenvalue weighted by atomic mass is 9.54. The average Bonchev–Trinajstić information content (AvgIpc) is 3.61. The smallest absolute Gasteiger partial charge is 0.164 e. The summed E-state index contributed by atoms with van der Waals surface area (Å²) < 4.78 is 6.24. The van der Waals surface area contributed by atoms with Gasteiger partial charge in [0.2, 0.25) is 0 Å². The number of aromatic nitrogens is 3. The number of hydrogen-bond donors (Lipinski definition) is 0. The van der Waals surface area contributed by atoms with Crippen LogP contribution >= 0.6 is 0 Å². The minimum atomic E-state index is 0.254. The molecule has 0 amide bonds. The maximum atomic E-state index is 9.51. The Kier molecular flexibility index (Phi) is 8.37. The van der Waals surface area contributed by atoms with Crippen LogP contribution in [0.15, 0.2) is 144 Å². The van der Waals surface area contributed by atoms with Crippen LogP contribution < -0.4 is 0 Å². The maximum absolute atomic E-state index is 9.51. The Morgan fingerprint density at radius 3 is 1.96 bits per heavy atom. The minimum Gasteiger partial charge on any atom is -0.456 e. The van der Waals surface area contributed by atoms with E-state index in [-0.39, 0.29) is 5.41 Å². The van der Waals surface area contributed by atoms with Crippen molar-refractivity contribution in [3.05, 3.63) is 151 Å². The van der Waals surface area contributed by atoms with Gasteiger partial charge in [0.05, 0.1) is 11.6 Å². The van der Waals surface area contributed by atoms with Crippen molar-refractivity contribution < 1.29 is 4.42 Å². The summed E-state index contributed by atoms with van der Waals surface area (Å²) in [5.41, 5.74) is 10.9. The van der Waals surface area contributed by atoms with Crippen molar-refractivity contribution in [2.75, 3.05) is 0 Å². The average molecular weight is 727 g/mol. The van der Waals surface area contributed by atoms with Gasteiger partial charge in [-0.25, -0.2) is 15.0 Å². The Morgan fingerprint density at radius 2 is 1.20 bits per heavy atom. The zero-order valence-corrected chi connectivity index (χ0v) is 31.7. The number of benzene rings is 6. The van der Waals surface area contributed by atoms with Crippen LogP contribution in [-0.4, -0.2) is 15.0 Å². The first-order valence-corrected chi connectivity index (χ1v) is 19.9. The molecule has 56 heavy (non-hydrogen) atoms. The number of nitrogens with zero attached hydrogens (tertiary/aromatic N) is 4. The number of nitriles is 1. The summed E-state index contributed by atoms with van der Waals surface area (Å²) in [7, 11) is 0. The van der Waals surface area contributed by atoms with E-state index >= 15 is 0 Å². The second-order valence-electron chi connectivity index (χ2n) is 16.4. The fraction of sp³-hybridized carbons (Fsp3) is 0.216. The molecule has 2 bridgehead atoms. The molecule has 0 spiro atoms. The second kappa shape index (κ2) is 13.7. The third-order valence-corrected chi connectivity index (χ3v) is 12.3. The number of rotatable bonds is 6. The van der Waals surface area contributed by atoms with E-state index < -0.39 is 0 Å². The van der Waals surface area contributed by atoms with Gasteiger partial charge in [-0.1, -0.05) is 123 Å². The fourth-order valence-corrected chi connectivity index (χ4v) is 10.3. The van der Waals surface area contributed by atoms with Crippen molar-refractivity contribution in [2.24, 2.45) is 17.8 Å². The molecule has 0 radical (unpaired) electrons. The molecule has 4 atom stereocenters. The van der Waals surface area contributed by atoms with Crippen molar-refractivity contribution in [3.8, 4) is 62.5 Å². The molecule has 8 aromatic rings. The summed E-state index contributed by atoms with van der Waals surface area (Å²) in [6.45, 7) is 4.90. The van der Waals surface area contributed by atoms with E-state index in [9.17, 15) is 5.26 Å². The van der Waals surface area contributed by atoms with E-state index in [2.05, 4.69) is 123 Å². The highest BCUT2D eigenvalue weighted by molar-refractivity contribution is 6.12. The second-order valence-corrected chi connectivity index (χ2v) is 16.4. The fourth-order valence-electron chi connectivity index (χ4n) is 10.3. The first-order valence-electron chi connectivity index (χ1n) is 19.9. The van der Waals surface area contributed by atoms with Crippen molar-refractivity contribution in [1.29, 1.82) is 5.26 Å². The zero-order valence-electron chi connectivity index (χ0n) is 31.7. The third kappa shape index (κ3) is 6.07. The summed E-state index contributed by atoms with van der Waals surface area (Å²) in [6.07, 6.45) is 6.57. The Balaban J connectivity index is 1.11. The van der Waals surface area contributed by atoms with Gasteiger partial charge in [-0.2, -0.15) is 5.26 Å². The van der Waals surface area contributed by atoms with Crippen LogP contribution in [0.2, 0.25) is 0 Å². The van der Waals surface area contributed by atoms with Gasteiger partial charge in [0.15, 0.2) is 17.5 Å². The van der Waals surface area contributed by atoms with E-state index in [1.807, 2.05) is 36.4 Å². The molecule has 5 heteroatoms. The minimum absolute atomic E-state index is 0.254. The van der Waals surface area contributed by atoms with Crippen LogP contribution in [-0.2, 0) is 5.41 Å². The molecule has 272 valence electrons. The summed E-state index contributed by atoms with van der Waals surface area (Å²) in [4.78, 5) is 15.6. The highest BCUT2D eigenvalue weighted by atomic mass is 16.3. The summed E-state index contributed by atoms with van der Waals surface area (Å²) >= 11 is 0. The predicted molar refractivity (Wildman–Crippen MR) is 226 cm³/mol. The molecular weight excluding hydrogens is 685 g/mol. The Hall–Kier alpha value is -6.38. The maximum Gasteiger partial charge on any atom is 0.164 e. The van der Waals surface area contributed by atoms with Crippen LogP contribution in [0, 0.1) is 29.1 Å². The molecule has 2 aliphatic carbocycles. The molecule has 2 aliphatic rings. The standard InChI is InChI=1S/C51H42N4O/c1-32-24-35-25-33(2)29-51(28-32,30-35)40-21-19-37(20-22-40)48-53-49(55-50(54-48)43-15-7-6-14-41(43)36-10-4-3-5-11-36)39-13-8-12-38(27-39)42-16-9-17-45-47(42)44-23-18-34(31-52)26-46(44)56-45/h3-23,26-27,32-33,35H,24-25,28-30H2,1-2H3/t32-,33+,35-,51?. The lowest BCUT2D eigenvalue weighted by Crippen LogP contribution is -2.42. The SMILES string of the molecule is C[C@@H]1C[C@@H]2C[C@H](C)CC(c3ccc(-c4nc(-c5cccc(-c6cccc7oc8cc(C#N)ccc8c67)c5)nc(-c5ccccc5-c5ccccc5)n4)cc3)(C1)C2. The molecule has 10 rings (SSSR count). The Morgan fingerprint density at radius 1 is 0.554 bits per heavy atom. The molecule has 2 aromatic heterocycles. The van der Waals surface area contributed by atoms with Gasteiger partial charge in [0.1, 0.15) is 11.2 Å².